The van der Waals surface area contributed by atoms with Gasteiger partial charge in [0.05, 0.1) is 0 Å². The van der Waals surface area contributed by atoms with Crippen molar-refractivity contribution in [2.75, 3.05) is 0 Å². The first-order valence-electron chi connectivity index (χ1n) is 7.56. The fraction of sp³-hybridized carbons (Fsp3) is 0.105. The van der Waals surface area contributed by atoms with Crippen LogP contribution in [0.15, 0.2) is 66.9 Å². The quantitative estimate of drug-likeness (QED) is 0.757. The van der Waals surface area contributed by atoms with Gasteiger partial charge in [-0.05, 0) is 28.5 Å². The van der Waals surface area contributed by atoms with E-state index in [1.165, 1.54) is 6.20 Å². The smallest absolute Gasteiger partial charge is 0.326 e. The number of nitrogens with one attached hydrogen (secondary N) is 1. The van der Waals surface area contributed by atoms with Gasteiger partial charge in [-0.15, -0.1) is 0 Å². The number of aromatic nitrogens is 1. The van der Waals surface area contributed by atoms with Gasteiger partial charge in [-0.25, -0.2) is 4.79 Å². The summed E-state index contributed by atoms with van der Waals surface area (Å²) in [7, 11) is 0. The second-order valence-corrected chi connectivity index (χ2v) is 5.42. The van der Waals surface area contributed by atoms with Crippen LogP contribution in [0.2, 0.25) is 0 Å². The van der Waals surface area contributed by atoms with E-state index >= 15 is 0 Å². The third-order valence-corrected chi connectivity index (χ3v) is 3.80. The number of benzene rings is 2. The molecule has 0 saturated heterocycles. The molecule has 0 radical (unpaired) electrons. The first kappa shape index (κ1) is 15.7. The Kier molecular flexibility index (Phi) is 4.52. The van der Waals surface area contributed by atoms with Crippen molar-refractivity contribution in [1.29, 1.82) is 0 Å². The average molecular weight is 320 g/mol. The predicted molar refractivity (Wildman–Crippen MR) is 90.8 cm³/mol. The average Bonchev–Trinajstić information content (AvgIpc) is 2.62. The molecule has 0 saturated carbocycles. The number of pyridine rings is 1. The Morgan fingerprint density at radius 1 is 1.00 bits per heavy atom. The van der Waals surface area contributed by atoms with Crippen LogP contribution in [-0.4, -0.2) is 28.0 Å². The molecule has 1 amide bonds. The van der Waals surface area contributed by atoms with Crippen LogP contribution >= 0.6 is 0 Å². The molecule has 3 aromatic rings. The Bertz CT molecular complexity index is 873. The first-order valence-corrected chi connectivity index (χ1v) is 7.56. The van der Waals surface area contributed by atoms with Crippen molar-refractivity contribution >= 4 is 22.6 Å². The largest absolute Gasteiger partial charge is 0.480 e. The Morgan fingerprint density at radius 2 is 1.75 bits per heavy atom. The predicted octanol–water partition coefficient (Wildman–Crippen LogP) is 2.66. The number of amides is 1. The second kappa shape index (κ2) is 6.91. The number of carboxylic acid groups (broad SMARTS) is 1. The minimum absolute atomic E-state index is 0.196. The molecule has 120 valence electrons. The van der Waals surface area contributed by atoms with Gasteiger partial charge in [-0.2, -0.15) is 0 Å². The summed E-state index contributed by atoms with van der Waals surface area (Å²) >= 11 is 0. The Balaban J connectivity index is 1.84. The number of hydrogen-bond donors (Lipinski definition) is 2. The summed E-state index contributed by atoms with van der Waals surface area (Å²) in [6.45, 7) is 0. The van der Waals surface area contributed by atoms with Gasteiger partial charge in [0.25, 0.3) is 5.91 Å². The molecule has 1 atom stereocenters. The highest BCUT2D eigenvalue weighted by Crippen LogP contribution is 2.20. The van der Waals surface area contributed by atoms with Crippen LogP contribution in [0.1, 0.15) is 16.1 Å². The van der Waals surface area contributed by atoms with Crippen LogP contribution in [0.5, 0.6) is 0 Å². The summed E-state index contributed by atoms with van der Waals surface area (Å²) in [5.74, 6) is -1.57. The van der Waals surface area contributed by atoms with Crippen molar-refractivity contribution in [1.82, 2.24) is 10.3 Å². The number of hydrogen-bond acceptors (Lipinski definition) is 3. The monoisotopic (exact) mass is 320 g/mol. The van der Waals surface area contributed by atoms with Crippen molar-refractivity contribution in [3.63, 3.8) is 0 Å². The van der Waals surface area contributed by atoms with Crippen molar-refractivity contribution in [2.45, 2.75) is 12.5 Å². The molecule has 0 spiro atoms. The van der Waals surface area contributed by atoms with Crippen LogP contribution in [0, 0.1) is 0 Å². The van der Waals surface area contributed by atoms with E-state index in [-0.39, 0.29) is 12.1 Å². The lowest BCUT2D eigenvalue weighted by molar-refractivity contribution is -0.139. The molecule has 0 aliphatic heterocycles. The minimum atomic E-state index is -1.08. The van der Waals surface area contributed by atoms with E-state index < -0.39 is 17.9 Å². The van der Waals surface area contributed by atoms with Gasteiger partial charge >= 0.3 is 5.97 Å². The summed E-state index contributed by atoms with van der Waals surface area (Å²) in [5.41, 5.74) is 1.07. The third-order valence-electron chi connectivity index (χ3n) is 3.80. The van der Waals surface area contributed by atoms with E-state index in [1.807, 2.05) is 42.5 Å². The van der Waals surface area contributed by atoms with E-state index in [0.29, 0.717) is 0 Å². The van der Waals surface area contributed by atoms with E-state index in [2.05, 4.69) is 10.3 Å². The van der Waals surface area contributed by atoms with E-state index in [4.69, 9.17) is 0 Å². The molecule has 1 aromatic heterocycles. The van der Waals surface area contributed by atoms with Crippen LogP contribution in [-0.2, 0) is 11.2 Å². The first-order chi connectivity index (χ1) is 11.6. The molecule has 5 heteroatoms. The second-order valence-electron chi connectivity index (χ2n) is 5.42. The molecule has 2 N–H and O–H groups in total. The molecular formula is C19H16N2O3. The van der Waals surface area contributed by atoms with Gasteiger partial charge in [-0.3, -0.25) is 9.78 Å². The number of carbonyl (C=O) groups excluding carboxylic acids is 1. The normalized spacial score (nSPS) is 11.8. The van der Waals surface area contributed by atoms with Crippen molar-refractivity contribution in [3.8, 4) is 0 Å². The van der Waals surface area contributed by atoms with Gasteiger partial charge in [0, 0.05) is 12.6 Å². The van der Waals surface area contributed by atoms with Gasteiger partial charge in [-0.1, -0.05) is 48.5 Å². The highest BCUT2D eigenvalue weighted by molar-refractivity contribution is 5.95. The van der Waals surface area contributed by atoms with Crippen molar-refractivity contribution in [3.05, 3.63) is 78.1 Å². The number of aliphatic carboxylic acids is 1. The van der Waals surface area contributed by atoms with Gasteiger partial charge < -0.3 is 10.4 Å². The van der Waals surface area contributed by atoms with Crippen LogP contribution in [0.3, 0.4) is 0 Å². The highest BCUT2D eigenvalue weighted by Gasteiger charge is 2.22. The molecule has 0 fully saturated rings. The zero-order chi connectivity index (χ0) is 16.9. The Hall–Kier alpha value is -3.21. The molecule has 5 nitrogen and oxygen atoms in total. The van der Waals surface area contributed by atoms with Gasteiger partial charge in [0.2, 0.25) is 0 Å². The molecule has 24 heavy (non-hydrogen) atoms. The van der Waals surface area contributed by atoms with Crippen LogP contribution < -0.4 is 5.32 Å². The topological polar surface area (TPSA) is 79.3 Å². The summed E-state index contributed by atoms with van der Waals surface area (Å²) in [4.78, 5) is 27.7. The number of fused-ring (bicyclic) bond motifs is 1. The molecule has 3 rings (SSSR count). The maximum absolute atomic E-state index is 12.2. The maximum atomic E-state index is 12.2. The van der Waals surface area contributed by atoms with E-state index in [0.717, 1.165) is 16.3 Å². The number of carbonyl (C=O) groups is 2. The zero-order valence-electron chi connectivity index (χ0n) is 12.8. The molecule has 0 bridgehead atoms. The minimum Gasteiger partial charge on any atom is -0.480 e. The van der Waals surface area contributed by atoms with E-state index in [1.54, 1.807) is 18.2 Å². The Labute approximate surface area is 139 Å². The fourth-order valence-corrected chi connectivity index (χ4v) is 2.62. The molecule has 1 unspecified atom stereocenters. The lowest BCUT2D eigenvalue weighted by Gasteiger charge is -2.15. The van der Waals surface area contributed by atoms with Crippen LogP contribution in [0.25, 0.3) is 10.8 Å². The molecule has 0 aliphatic carbocycles. The lowest BCUT2D eigenvalue weighted by Crippen LogP contribution is -2.42. The molecule has 0 aliphatic rings. The highest BCUT2D eigenvalue weighted by atomic mass is 16.4. The zero-order valence-corrected chi connectivity index (χ0v) is 12.8. The SMILES string of the molecule is O=C(NC(Cc1cccc2ccccc12)C(=O)O)c1ccccn1. The summed E-state index contributed by atoms with van der Waals surface area (Å²) in [6, 6.07) is 17.4. The van der Waals surface area contributed by atoms with E-state index in [9.17, 15) is 14.7 Å². The van der Waals surface area contributed by atoms with Gasteiger partial charge in [0.15, 0.2) is 0 Å². The third kappa shape index (κ3) is 3.41. The summed E-state index contributed by atoms with van der Waals surface area (Å²) < 4.78 is 0. The van der Waals surface area contributed by atoms with Crippen LogP contribution in [0.4, 0.5) is 0 Å². The molecule has 1 heterocycles. The Morgan fingerprint density at radius 3 is 2.50 bits per heavy atom. The summed E-state index contributed by atoms with van der Waals surface area (Å²) in [5, 5.41) is 14.0. The summed E-state index contributed by atoms with van der Waals surface area (Å²) in [6.07, 6.45) is 1.70. The fourth-order valence-electron chi connectivity index (χ4n) is 2.62. The van der Waals surface area contributed by atoms with Gasteiger partial charge in [0.1, 0.15) is 11.7 Å². The van der Waals surface area contributed by atoms with Crippen molar-refractivity contribution < 1.29 is 14.7 Å². The number of carboxylic acids is 1. The maximum Gasteiger partial charge on any atom is 0.326 e. The molecular weight excluding hydrogens is 304 g/mol. The molecule has 2 aromatic carbocycles. The number of rotatable bonds is 5. The standard InChI is InChI=1S/C19H16N2O3/c22-18(16-10-3-4-11-20-16)21-17(19(23)24)12-14-8-5-7-13-6-1-2-9-15(13)14/h1-11,17H,12H2,(H,21,22)(H,23,24). The lowest BCUT2D eigenvalue weighted by atomic mass is 9.98. The van der Waals surface area contributed by atoms with Crippen molar-refractivity contribution in [2.24, 2.45) is 0 Å². The number of nitrogens with zero attached hydrogens (tertiary/aromatic N) is 1.